The molecule has 0 radical (unpaired) electrons. The molecule has 1 aliphatic carbocycles. The van der Waals surface area contributed by atoms with Crippen molar-refractivity contribution in [3.05, 3.63) is 16.8 Å². The molecule has 1 atom stereocenters. The maximum Gasteiger partial charge on any atom is 0.0475 e. The summed E-state index contributed by atoms with van der Waals surface area (Å²) in [6, 6.07) is 2.24. The predicted molar refractivity (Wildman–Crippen MR) is 65.7 cm³/mol. The van der Waals surface area contributed by atoms with Crippen LogP contribution in [0, 0.1) is 5.92 Å². The normalized spacial score (nSPS) is 31.9. The maximum absolute atomic E-state index is 3.71. The SMILES string of the molecule is CC1(C2CC2)CN(c2ccsc2)CCN1. The highest BCUT2D eigenvalue weighted by Gasteiger charge is 2.43. The molecular formula is C12H18N2S. The number of nitrogens with one attached hydrogen (secondary N) is 1. The Balaban J connectivity index is 1.76. The molecule has 15 heavy (non-hydrogen) atoms. The highest BCUT2D eigenvalue weighted by molar-refractivity contribution is 7.08. The van der Waals surface area contributed by atoms with E-state index in [0.29, 0.717) is 5.54 Å². The summed E-state index contributed by atoms with van der Waals surface area (Å²) in [7, 11) is 0. The maximum atomic E-state index is 3.71. The third-order valence-electron chi connectivity index (χ3n) is 3.78. The zero-order valence-electron chi connectivity index (χ0n) is 9.20. The number of rotatable bonds is 2. The number of hydrogen-bond acceptors (Lipinski definition) is 3. The van der Waals surface area contributed by atoms with Gasteiger partial charge in [-0.05, 0) is 37.1 Å². The van der Waals surface area contributed by atoms with Crippen molar-refractivity contribution in [2.75, 3.05) is 24.5 Å². The largest absolute Gasteiger partial charge is 0.368 e. The highest BCUT2D eigenvalue weighted by atomic mass is 32.1. The molecule has 2 heterocycles. The molecule has 1 saturated heterocycles. The van der Waals surface area contributed by atoms with E-state index < -0.39 is 0 Å². The van der Waals surface area contributed by atoms with Crippen LogP contribution < -0.4 is 10.2 Å². The quantitative estimate of drug-likeness (QED) is 0.826. The van der Waals surface area contributed by atoms with Gasteiger partial charge in [0, 0.05) is 36.2 Å². The second-order valence-electron chi connectivity index (χ2n) is 5.02. The minimum Gasteiger partial charge on any atom is -0.368 e. The van der Waals surface area contributed by atoms with E-state index in [9.17, 15) is 0 Å². The Morgan fingerprint density at radius 3 is 3.07 bits per heavy atom. The minimum absolute atomic E-state index is 0.361. The lowest BCUT2D eigenvalue weighted by Crippen LogP contribution is -2.60. The second kappa shape index (κ2) is 3.49. The van der Waals surface area contributed by atoms with E-state index in [1.807, 2.05) is 0 Å². The van der Waals surface area contributed by atoms with Gasteiger partial charge >= 0.3 is 0 Å². The molecular weight excluding hydrogens is 204 g/mol. The molecule has 1 saturated carbocycles. The Morgan fingerprint density at radius 1 is 1.53 bits per heavy atom. The van der Waals surface area contributed by atoms with Gasteiger partial charge < -0.3 is 10.2 Å². The van der Waals surface area contributed by atoms with Crippen LogP contribution in [0.15, 0.2) is 16.8 Å². The van der Waals surface area contributed by atoms with Crippen molar-refractivity contribution in [1.29, 1.82) is 0 Å². The molecule has 0 aromatic carbocycles. The van der Waals surface area contributed by atoms with E-state index >= 15 is 0 Å². The van der Waals surface area contributed by atoms with Gasteiger partial charge in [-0.15, -0.1) is 0 Å². The Morgan fingerprint density at radius 2 is 2.40 bits per heavy atom. The van der Waals surface area contributed by atoms with Crippen LogP contribution in [0.25, 0.3) is 0 Å². The zero-order valence-corrected chi connectivity index (χ0v) is 10.0. The van der Waals surface area contributed by atoms with Gasteiger partial charge in [0.1, 0.15) is 0 Å². The van der Waals surface area contributed by atoms with Crippen molar-refractivity contribution in [2.45, 2.75) is 25.3 Å². The fraction of sp³-hybridized carbons (Fsp3) is 0.667. The van der Waals surface area contributed by atoms with Crippen LogP contribution in [0.3, 0.4) is 0 Å². The Labute approximate surface area is 95.3 Å². The molecule has 1 aromatic heterocycles. The summed E-state index contributed by atoms with van der Waals surface area (Å²) in [6.07, 6.45) is 2.84. The van der Waals surface area contributed by atoms with Crippen molar-refractivity contribution < 1.29 is 0 Å². The summed E-state index contributed by atoms with van der Waals surface area (Å²) >= 11 is 1.80. The lowest BCUT2D eigenvalue weighted by Gasteiger charge is -2.42. The molecule has 3 rings (SSSR count). The fourth-order valence-corrected chi connectivity index (χ4v) is 3.32. The van der Waals surface area contributed by atoms with Gasteiger partial charge in [0.15, 0.2) is 0 Å². The third kappa shape index (κ3) is 1.79. The summed E-state index contributed by atoms with van der Waals surface area (Å²) in [5.74, 6) is 0.916. The molecule has 82 valence electrons. The first-order valence-electron chi connectivity index (χ1n) is 5.80. The number of hydrogen-bond donors (Lipinski definition) is 1. The van der Waals surface area contributed by atoms with Crippen molar-refractivity contribution in [3.8, 4) is 0 Å². The van der Waals surface area contributed by atoms with Crippen molar-refractivity contribution in [3.63, 3.8) is 0 Å². The van der Waals surface area contributed by atoms with Crippen LogP contribution in [0.1, 0.15) is 19.8 Å². The van der Waals surface area contributed by atoms with E-state index in [0.717, 1.165) is 19.0 Å². The topological polar surface area (TPSA) is 15.3 Å². The first-order chi connectivity index (χ1) is 7.28. The van der Waals surface area contributed by atoms with Gasteiger partial charge in [-0.25, -0.2) is 0 Å². The van der Waals surface area contributed by atoms with Crippen LogP contribution in [-0.2, 0) is 0 Å². The van der Waals surface area contributed by atoms with Gasteiger partial charge in [-0.1, -0.05) is 0 Å². The molecule has 1 aliphatic heterocycles. The zero-order chi connectivity index (χ0) is 10.3. The Kier molecular flexibility index (Phi) is 2.25. The van der Waals surface area contributed by atoms with Gasteiger partial charge in [0.05, 0.1) is 0 Å². The van der Waals surface area contributed by atoms with E-state index in [4.69, 9.17) is 0 Å². The van der Waals surface area contributed by atoms with E-state index in [-0.39, 0.29) is 0 Å². The monoisotopic (exact) mass is 222 g/mol. The van der Waals surface area contributed by atoms with Crippen molar-refractivity contribution in [1.82, 2.24) is 5.32 Å². The summed E-state index contributed by atoms with van der Waals surface area (Å²) in [5.41, 5.74) is 1.77. The molecule has 0 spiro atoms. The average molecular weight is 222 g/mol. The highest BCUT2D eigenvalue weighted by Crippen LogP contribution is 2.41. The summed E-state index contributed by atoms with van der Waals surface area (Å²) in [5, 5.41) is 8.15. The van der Waals surface area contributed by atoms with Crippen LogP contribution in [0.2, 0.25) is 0 Å². The molecule has 1 N–H and O–H groups in total. The molecule has 3 heteroatoms. The Bertz CT molecular complexity index is 331. The number of nitrogens with zero attached hydrogens (tertiary/aromatic N) is 1. The third-order valence-corrected chi connectivity index (χ3v) is 4.45. The van der Waals surface area contributed by atoms with Gasteiger partial charge in [0.2, 0.25) is 0 Å². The number of piperazine rings is 1. The van der Waals surface area contributed by atoms with Crippen molar-refractivity contribution in [2.24, 2.45) is 5.92 Å². The molecule has 2 fully saturated rings. The van der Waals surface area contributed by atoms with E-state index in [1.165, 1.54) is 25.1 Å². The van der Waals surface area contributed by atoms with Gasteiger partial charge in [-0.3, -0.25) is 0 Å². The standard InChI is InChI=1S/C12H18N2S/c1-12(10-2-3-10)9-14(6-5-13-12)11-4-7-15-8-11/h4,7-8,10,13H,2-3,5-6,9H2,1H3. The molecule has 0 amide bonds. The van der Waals surface area contributed by atoms with Crippen molar-refractivity contribution >= 4 is 17.0 Å². The van der Waals surface area contributed by atoms with Gasteiger partial charge in [0.25, 0.3) is 0 Å². The molecule has 1 unspecified atom stereocenters. The second-order valence-corrected chi connectivity index (χ2v) is 5.80. The molecule has 2 aliphatic rings. The average Bonchev–Trinajstić information content (AvgIpc) is 2.96. The molecule has 2 nitrogen and oxygen atoms in total. The van der Waals surface area contributed by atoms with E-state index in [2.05, 4.69) is 34.0 Å². The van der Waals surface area contributed by atoms with Gasteiger partial charge in [-0.2, -0.15) is 11.3 Å². The van der Waals surface area contributed by atoms with E-state index in [1.54, 1.807) is 11.3 Å². The summed E-state index contributed by atoms with van der Waals surface area (Å²) < 4.78 is 0. The van der Waals surface area contributed by atoms with Crippen LogP contribution in [0.4, 0.5) is 5.69 Å². The molecule has 1 aromatic rings. The van der Waals surface area contributed by atoms with Crippen LogP contribution >= 0.6 is 11.3 Å². The smallest absolute Gasteiger partial charge is 0.0475 e. The first kappa shape index (κ1) is 9.67. The Hall–Kier alpha value is -0.540. The lowest BCUT2D eigenvalue weighted by molar-refractivity contribution is 0.285. The summed E-state index contributed by atoms with van der Waals surface area (Å²) in [4.78, 5) is 2.53. The predicted octanol–water partition coefficient (Wildman–Crippen LogP) is 2.33. The number of thiophene rings is 1. The summed E-state index contributed by atoms with van der Waals surface area (Å²) in [6.45, 7) is 5.85. The van der Waals surface area contributed by atoms with Crippen LogP contribution in [0.5, 0.6) is 0 Å². The molecule has 0 bridgehead atoms. The van der Waals surface area contributed by atoms with Crippen LogP contribution in [-0.4, -0.2) is 25.2 Å². The fourth-order valence-electron chi connectivity index (χ4n) is 2.66. The minimum atomic E-state index is 0.361. The number of anilines is 1. The lowest BCUT2D eigenvalue weighted by atomic mass is 9.93. The first-order valence-corrected chi connectivity index (χ1v) is 6.74.